The SMILES string of the molecule is CCNc1ccc(NC(=O)CCc2c[nH]c3cc(C)ccc23)cn1. The molecule has 24 heavy (non-hydrogen) atoms. The van der Waals surface area contributed by atoms with Crippen LogP contribution in [0.2, 0.25) is 0 Å². The van der Waals surface area contributed by atoms with E-state index >= 15 is 0 Å². The third kappa shape index (κ3) is 3.74. The standard InChI is InChI=1S/C19H22N4O/c1-3-20-18-8-6-15(12-22-18)23-19(24)9-5-14-11-21-17-10-13(2)4-7-16(14)17/h4,6-8,10-12,21H,3,5,9H2,1-2H3,(H,20,22)(H,23,24). The van der Waals surface area contributed by atoms with Crippen molar-refractivity contribution in [2.45, 2.75) is 26.7 Å². The summed E-state index contributed by atoms with van der Waals surface area (Å²) in [5.74, 6) is 0.805. The Hall–Kier alpha value is -2.82. The first-order valence-corrected chi connectivity index (χ1v) is 8.22. The van der Waals surface area contributed by atoms with Crippen LogP contribution in [0.3, 0.4) is 0 Å². The molecule has 0 radical (unpaired) electrons. The fraction of sp³-hybridized carbons (Fsp3) is 0.263. The van der Waals surface area contributed by atoms with Crippen LogP contribution in [0.4, 0.5) is 11.5 Å². The molecule has 124 valence electrons. The monoisotopic (exact) mass is 322 g/mol. The van der Waals surface area contributed by atoms with Crippen molar-refractivity contribution < 1.29 is 4.79 Å². The maximum atomic E-state index is 12.1. The number of hydrogen-bond acceptors (Lipinski definition) is 3. The molecule has 3 rings (SSSR count). The zero-order valence-electron chi connectivity index (χ0n) is 14.0. The van der Waals surface area contributed by atoms with Gasteiger partial charge < -0.3 is 15.6 Å². The van der Waals surface area contributed by atoms with Crippen molar-refractivity contribution in [2.75, 3.05) is 17.2 Å². The van der Waals surface area contributed by atoms with Gasteiger partial charge in [-0.2, -0.15) is 0 Å². The van der Waals surface area contributed by atoms with Gasteiger partial charge in [-0.3, -0.25) is 4.79 Å². The molecule has 0 spiro atoms. The summed E-state index contributed by atoms with van der Waals surface area (Å²) in [6, 6.07) is 10.0. The number of anilines is 2. The number of aromatic nitrogens is 2. The van der Waals surface area contributed by atoms with E-state index in [-0.39, 0.29) is 5.91 Å². The molecule has 1 aromatic carbocycles. The van der Waals surface area contributed by atoms with Crippen molar-refractivity contribution in [3.05, 3.63) is 53.9 Å². The van der Waals surface area contributed by atoms with Gasteiger partial charge >= 0.3 is 0 Å². The molecule has 0 atom stereocenters. The topological polar surface area (TPSA) is 69.8 Å². The van der Waals surface area contributed by atoms with Crippen LogP contribution in [0.5, 0.6) is 0 Å². The van der Waals surface area contributed by atoms with Crippen molar-refractivity contribution in [3.8, 4) is 0 Å². The predicted molar refractivity (Wildman–Crippen MR) is 98.4 cm³/mol. The second kappa shape index (κ2) is 7.17. The molecule has 1 amide bonds. The highest BCUT2D eigenvalue weighted by atomic mass is 16.1. The Morgan fingerprint density at radius 1 is 1.25 bits per heavy atom. The number of H-pyrrole nitrogens is 1. The van der Waals surface area contributed by atoms with E-state index in [0.717, 1.165) is 23.6 Å². The van der Waals surface area contributed by atoms with Gasteiger partial charge in [0, 0.05) is 30.1 Å². The number of amides is 1. The quantitative estimate of drug-likeness (QED) is 0.645. The average Bonchev–Trinajstić information content (AvgIpc) is 2.97. The van der Waals surface area contributed by atoms with Crippen molar-refractivity contribution in [2.24, 2.45) is 0 Å². The fourth-order valence-electron chi connectivity index (χ4n) is 2.73. The predicted octanol–water partition coefficient (Wildman–Crippen LogP) is 3.87. The fourth-order valence-corrected chi connectivity index (χ4v) is 2.73. The average molecular weight is 322 g/mol. The number of rotatable bonds is 6. The Morgan fingerprint density at radius 3 is 2.88 bits per heavy atom. The third-order valence-corrected chi connectivity index (χ3v) is 3.95. The van der Waals surface area contributed by atoms with Crippen molar-refractivity contribution in [3.63, 3.8) is 0 Å². The number of nitrogens with zero attached hydrogens (tertiary/aromatic N) is 1. The van der Waals surface area contributed by atoms with Crippen LogP contribution in [0.15, 0.2) is 42.7 Å². The lowest BCUT2D eigenvalue weighted by atomic mass is 10.1. The van der Waals surface area contributed by atoms with E-state index in [1.54, 1.807) is 6.20 Å². The second-order valence-electron chi connectivity index (χ2n) is 5.87. The van der Waals surface area contributed by atoms with Crippen molar-refractivity contribution in [1.82, 2.24) is 9.97 Å². The third-order valence-electron chi connectivity index (χ3n) is 3.95. The number of carbonyl (C=O) groups is 1. The van der Waals surface area contributed by atoms with Gasteiger partial charge in [-0.25, -0.2) is 4.98 Å². The molecule has 0 bridgehead atoms. The van der Waals surface area contributed by atoms with Gasteiger partial charge in [-0.15, -0.1) is 0 Å². The summed E-state index contributed by atoms with van der Waals surface area (Å²) in [6.45, 7) is 4.91. The summed E-state index contributed by atoms with van der Waals surface area (Å²) >= 11 is 0. The summed E-state index contributed by atoms with van der Waals surface area (Å²) in [7, 11) is 0. The van der Waals surface area contributed by atoms with Gasteiger partial charge in [-0.1, -0.05) is 12.1 Å². The molecule has 5 heteroatoms. The number of benzene rings is 1. The first-order valence-electron chi connectivity index (χ1n) is 8.22. The van der Waals surface area contributed by atoms with E-state index in [0.29, 0.717) is 12.8 Å². The second-order valence-corrected chi connectivity index (χ2v) is 5.87. The molecule has 0 aliphatic rings. The van der Waals surface area contributed by atoms with Crippen LogP contribution in [-0.4, -0.2) is 22.4 Å². The number of hydrogen-bond donors (Lipinski definition) is 3. The Balaban J connectivity index is 1.58. The highest BCUT2D eigenvalue weighted by Gasteiger charge is 2.08. The van der Waals surface area contributed by atoms with Gasteiger partial charge in [0.1, 0.15) is 5.82 Å². The number of carbonyl (C=O) groups excluding carboxylic acids is 1. The maximum absolute atomic E-state index is 12.1. The first-order chi connectivity index (χ1) is 11.7. The van der Waals surface area contributed by atoms with Gasteiger partial charge in [0.25, 0.3) is 0 Å². The highest BCUT2D eigenvalue weighted by Crippen LogP contribution is 2.21. The van der Waals surface area contributed by atoms with Crippen LogP contribution >= 0.6 is 0 Å². The molecular formula is C19H22N4O. The Kier molecular flexibility index (Phi) is 4.79. The zero-order chi connectivity index (χ0) is 16.9. The first kappa shape index (κ1) is 16.1. The van der Waals surface area contributed by atoms with Crippen LogP contribution in [0.25, 0.3) is 10.9 Å². The zero-order valence-corrected chi connectivity index (χ0v) is 14.0. The lowest BCUT2D eigenvalue weighted by Gasteiger charge is -2.06. The number of aromatic amines is 1. The summed E-state index contributed by atoms with van der Waals surface area (Å²) < 4.78 is 0. The van der Waals surface area contributed by atoms with Crippen LogP contribution in [0.1, 0.15) is 24.5 Å². The molecule has 0 aliphatic heterocycles. The molecule has 2 heterocycles. The van der Waals surface area contributed by atoms with Crippen molar-refractivity contribution in [1.29, 1.82) is 0 Å². The summed E-state index contributed by atoms with van der Waals surface area (Å²) in [4.78, 5) is 19.7. The molecule has 3 aromatic rings. The summed E-state index contributed by atoms with van der Waals surface area (Å²) in [5, 5.41) is 7.20. The number of fused-ring (bicyclic) bond motifs is 1. The molecule has 2 aromatic heterocycles. The van der Waals surface area contributed by atoms with Crippen molar-refractivity contribution >= 4 is 28.3 Å². The highest BCUT2D eigenvalue weighted by molar-refractivity contribution is 5.91. The van der Waals surface area contributed by atoms with Gasteiger partial charge in [0.15, 0.2) is 0 Å². The van der Waals surface area contributed by atoms with E-state index in [1.165, 1.54) is 16.5 Å². The Labute approximate surface area is 141 Å². The summed E-state index contributed by atoms with van der Waals surface area (Å²) in [5.41, 5.74) is 4.23. The van der Waals surface area contributed by atoms with E-state index in [2.05, 4.69) is 45.7 Å². The lowest BCUT2D eigenvalue weighted by Crippen LogP contribution is -2.12. The van der Waals surface area contributed by atoms with Crippen LogP contribution in [0, 0.1) is 6.92 Å². The minimum Gasteiger partial charge on any atom is -0.370 e. The van der Waals surface area contributed by atoms with Gasteiger partial charge in [-0.05, 0) is 49.6 Å². The minimum atomic E-state index is -0.00513. The molecule has 0 fully saturated rings. The van der Waals surface area contributed by atoms with E-state index in [1.807, 2.05) is 25.3 Å². The molecule has 3 N–H and O–H groups in total. The molecular weight excluding hydrogens is 300 g/mol. The van der Waals surface area contributed by atoms with E-state index in [9.17, 15) is 4.79 Å². The van der Waals surface area contributed by atoms with E-state index in [4.69, 9.17) is 0 Å². The van der Waals surface area contributed by atoms with Crippen LogP contribution < -0.4 is 10.6 Å². The Morgan fingerprint density at radius 2 is 2.12 bits per heavy atom. The number of nitrogens with one attached hydrogen (secondary N) is 3. The lowest BCUT2D eigenvalue weighted by molar-refractivity contribution is -0.116. The molecule has 0 saturated carbocycles. The number of pyridine rings is 1. The molecule has 0 unspecified atom stereocenters. The largest absolute Gasteiger partial charge is 0.370 e. The number of aryl methyl sites for hydroxylation is 2. The van der Waals surface area contributed by atoms with Gasteiger partial charge in [0.2, 0.25) is 5.91 Å². The molecule has 0 aliphatic carbocycles. The summed E-state index contributed by atoms with van der Waals surface area (Å²) in [6.07, 6.45) is 4.81. The van der Waals surface area contributed by atoms with Crippen LogP contribution in [-0.2, 0) is 11.2 Å². The molecule has 0 saturated heterocycles. The van der Waals surface area contributed by atoms with Gasteiger partial charge in [0.05, 0.1) is 11.9 Å². The van der Waals surface area contributed by atoms with E-state index < -0.39 is 0 Å². The normalized spacial score (nSPS) is 10.8. The molecule has 5 nitrogen and oxygen atoms in total. The smallest absolute Gasteiger partial charge is 0.224 e. The minimum absolute atomic E-state index is 0.00513. The Bertz CT molecular complexity index is 836. The maximum Gasteiger partial charge on any atom is 0.224 e.